The Bertz CT molecular complexity index is 693. The van der Waals surface area contributed by atoms with Gasteiger partial charge < -0.3 is 5.32 Å². The van der Waals surface area contributed by atoms with Crippen molar-refractivity contribution in [3.63, 3.8) is 0 Å². The van der Waals surface area contributed by atoms with Crippen LogP contribution in [0, 0.1) is 11.3 Å². The van der Waals surface area contributed by atoms with Gasteiger partial charge in [-0.25, -0.2) is 9.97 Å². The molecule has 1 aliphatic rings. The van der Waals surface area contributed by atoms with Crippen molar-refractivity contribution in [1.29, 1.82) is 5.26 Å². The van der Waals surface area contributed by atoms with Crippen LogP contribution in [0.3, 0.4) is 0 Å². The Balaban J connectivity index is 1.91. The topological polar surface area (TPSA) is 78.7 Å². The molecule has 1 aliphatic heterocycles. The fraction of sp³-hybridized carbons (Fsp3) is 0.250. The first-order valence-electron chi connectivity index (χ1n) is 6.83. The summed E-state index contributed by atoms with van der Waals surface area (Å²) in [5, 5.41) is 12.1. The molecule has 5 nitrogen and oxygen atoms in total. The Morgan fingerprint density at radius 2 is 1.95 bits per heavy atom. The Morgan fingerprint density at radius 3 is 2.71 bits per heavy atom. The van der Waals surface area contributed by atoms with Crippen LogP contribution in [0.4, 0.5) is 0 Å². The number of piperidine rings is 1. The molecule has 104 valence electrons. The van der Waals surface area contributed by atoms with Crippen LogP contribution in [-0.2, 0) is 4.79 Å². The van der Waals surface area contributed by atoms with E-state index in [4.69, 9.17) is 0 Å². The third-order valence-electron chi connectivity index (χ3n) is 3.77. The van der Waals surface area contributed by atoms with E-state index in [1.807, 2.05) is 12.1 Å². The molecule has 1 aromatic heterocycles. The number of hydrogen-bond acceptors (Lipinski definition) is 4. The lowest BCUT2D eigenvalue weighted by atomic mass is 9.82. The Morgan fingerprint density at radius 1 is 1.19 bits per heavy atom. The molecular weight excluding hydrogens is 264 g/mol. The maximum absolute atomic E-state index is 12.2. The predicted molar refractivity (Wildman–Crippen MR) is 76.3 cm³/mol. The van der Waals surface area contributed by atoms with Gasteiger partial charge in [0.1, 0.15) is 5.82 Å². The largest absolute Gasteiger partial charge is 0.355 e. The van der Waals surface area contributed by atoms with Crippen molar-refractivity contribution in [2.24, 2.45) is 0 Å². The van der Waals surface area contributed by atoms with E-state index in [1.165, 1.54) is 0 Å². The number of amides is 1. The van der Waals surface area contributed by atoms with Gasteiger partial charge in [-0.05, 0) is 24.1 Å². The van der Waals surface area contributed by atoms with Crippen LogP contribution >= 0.6 is 0 Å². The van der Waals surface area contributed by atoms with Crippen LogP contribution < -0.4 is 5.32 Å². The molecule has 1 saturated heterocycles. The lowest BCUT2D eigenvalue weighted by molar-refractivity contribution is -0.124. The number of rotatable bonds is 2. The molecule has 2 unspecified atom stereocenters. The fourth-order valence-corrected chi connectivity index (χ4v) is 2.71. The number of aromatic nitrogens is 2. The normalized spacial score (nSPS) is 21.4. The number of nitrogens with zero attached hydrogens (tertiary/aromatic N) is 3. The minimum Gasteiger partial charge on any atom is -0.355 e. The second-order valence-electron chi connectivity index (χ2n) is 5.04. The van der Waals surface area contributed by atoms with Gasteiger partial charge in [-0.1, -0.05) is 18.2 Å². The first kappa shape index (κ1) is 13.3. The minimum atomic E-state index is -0.330. The summed E-state index contributed by atoms with van der Waals surface area (Å²) in [4.78, 5) is 20.7. The maximum atomic E-state index is 12.2. The minimum absolute atomic E-state index is 0.0371. The third-order valence-corrected chi connectivity index (χ3v) is 3.77. The molecule has 5 heteroatoms. The van der Waals surface area contributed by atoms with Crippen molar-refractivity contribution in [2.75, 3.05) is 6.54 Å². The molecule has 3 rings (SSSR count). The first-order valence-corrected chi connectivity index (χ1v) is 6.83. The van der Waals surface area contributed by atoms with E-state index in [0.29, 0.717) is 18.5 Å². The van der Waals surface area contributed by atoms with Gasteiger partial charge in [0.25, 0.3) is 0 Å². The van der Waals surface area contributed by atoms with E-state index < -0.39 is 0 Å². The quantitative estimate of drug-likeness (QED) is 0.907. The summed E-state index contributed by atoms with van der Waals surface area (Å²) in [7, 11) is 0. The summed E-state index contributed by atoms with van der Waals surface area (Å²) in [6.07, 6.45) is 4.03. The molecule has 21 heavy (non-hydrogen) atoms. The smallest absolute Gasteiger partial charge is 0.227 e. The zero-order valence-corrected chi connectivity index (χ0v) is 11.4. The van der Waals surface area contributed by atoms with E-state index in [9.17, 15) is 10.1 Å². The number of hydrogen-bond donors (Lipinski definition) is 1. The van der Waals surface area contributed by atoms with E-state index in [0.717, 1.165) is 11.4 Å². The van der Waals surface area contributed by atoms with Crippen molar-refractivity contribution in [3.05, 3.63) is 59.7 Å². The van der Waals surface area contributed by atoms with Gasteiger partial charge in [-0.3, -0.25) is 4.79 Å². The third kappa shape index (κ3) is 2.61. The zero-order valence-electron chi connectivity index (χ0n) is 11.4. The number of benzene rings is 1. The summed E-state index contributed by atoms with van der Waals surface area (Å²) in [5.41, 5.74) is 1.32. The Kier molecular flexibility index (Phi) is 3.61. The molecule has 1 aromatic carbocycles. The van der Waals surface area contributed by atoms with Gasteiger partial charge in [-0.2, -0.15) is 5.26 Å². The number of carbonyl (C=O) groups excluding carboxylic acids is 1. The van der Waals surface area contributed by atoms with Crippen molar-refractivity contribution in [1.82, 2.24) is 15.3 Å². The molecule has 0 bridgehead atoms. The molecule has 0 spiro atoms. The average molecular weight is 278 g/mol. The molecule has 2 aromatic rings. The summed E-state index contributed by atoms with van der Waals surface area (Å²) >= 11 is 0. The summed E-state index contributed by atoms with van der Waals surface area (Å²) in [5.74, 6) is 0.436. The van der Waals surface area contributed by atoms with Gasteiger partial charge in [0.2, 0.25) is 5.91 Å². The SMILES string of the molecule is N#Cc1ccccc1C1CC(c2ncccn2)CNC1=O. The van der Waals surface area contributed by atoms with E-state index in [1.54, 1.807) is 30.6 Å². The molecule has 1 amide bonds. The molecule has 0 saturated carbocycles. The molecule has 2 heterocycles. The number of nitriles is 1. The monoisotopic (exact) mass is 278 g/mol. The van der Waals surface area contributed by atoms with Crippen LogP contribution in [0.1, 0.15) is 35.2 Å². The van der Waals surface area contributed by atoms with Gasteiger partial charge in [-0.15, -0.1) is 0 Å². The molecule has 0 radical (unpaired) electrons. The van der Waals surface area contributed by atoms with Crippen LogP contribution in [0.15, 0.2) is 42.7 Å². The summed E-state index contributed by atoms with van der Waals surface area (Å²) < 4.78 is 0. The highest BCUT2D eigenvalue weighted by molar-refractivity contribution is 5.85. The fourth-order valence-electron chi connectivity index (χ4n) is 2.71. The van der Waals surface area contributed by atoms with Crippen LogP contribution in [0.2, 0.25) is 0 Å². The van der Waals surface area contributed by atoms with Crippen LogP contribution in [0.25, 0.3) is 0 Å². The molecule has 0 aliphatic carbocycles. The van der Waals surface area contributed by atoms with Crippen LogP contribution in [-0.4, -0.2) is 22.4 Å². The Hall–Kier alpha value is -2.74. The summed E-state index contributed by atoms with van der Waals surface area (Å²) in [6, 6.07) is 11.2. The molecule has 1 N–H and O–H groups in total. The highest BCUT2D eigenvalue weighted by Gasteiger charge is 2.32. The van der Waals surface area contributed by atoms with Crippen LogP contribution in [0.5, 0.6) is 0 Å². The van der Waals surface area contributed by atoms with Gasteiger partial charge in [0.05, 0.1) is 17.6 Å². The first-order chi connectivity index (χ1) is 10.3. The van der Waals surface area contributed by atoms with Crippen molar-refractivity contribution in [3.8, 4) is 6.07 Å². The lowest BCUT2D eigenvalue weighted by Crippen LogP contribution is -2.40. The predicted octanol–water partition coefficient (Wildman–Crippen LogP) is 1.74. The summed E-state index contributed by atoms with van der Waals surface area (Å²) in [6.45, 7) is 0.536. The lowest BCUT2D eigenvalue weighted by Gasteiger charge is -2.28. The average Bonchev–Trinajstić information content (AvgIpc) is 2.56. The number of carbonyl (C=O) groups is 1. The van der Waals surface area contributed by atoms with Gasteiger partial charge in [0.15, 0.2) is 0 Å². The van der Waals surface area contributed by atoms with Crippen molar-refractivity contribution >= 4 is 5.91 Å². The number of nitrogens with one attached hydrogen (secondary N) is 1. The molecule has 2 atom stereocenters. The second-order valence-corrected chi connectivity index (χ2v) is 5.04. The maximum Gasteiger partial charge on any atom is 0.227 e. The van der Waals surface area contributed by atoms with Crippen molar-refractivity contribution < 1.29 is 4.79 Å². The van der Waals surface area contributed by atoms with Crippen molar-refractivity contribution in [2.45, 2.75) is 18.3 Å². The molecular formula is C16H14N4O. The standard InChI is InChI=1S/C16H14N4O/c17-9-11-4-1-2-5-13(11)14-8-12(10-20-16(14)21)15-18-6-3-7-19-15/h1-7,12,14H,8,10H2,(H,20,21). The van der Waals surface area contributed by atoms with E-state index in [2.05, 4.69) is 21.4 Å². The second kappa shape index (κ2) is 5.71. The van der Waals surface area contributed by atoms with E-state index >= 15 is 0 Å². The molecule has 1 fully saturated rings. The highest BCUT2D eigenvalue weighted by atomic mass is 16.1. The zero-order chi connectivity index (χ0) is 14.7. The van der Waals surface area contributed by atoms with E-state index in [-0.39, 0.29) is 17.7 Å². The highest BCUT2D eigenvalue weighted by Crippen LogP contribution is 2.33. The Labute approximate surface area is 122 Å². The van der Waals surface area contributed by atoms with Gasteiger partial charge >= 0.3 is 0 Å². The van der Waals surface area contributed by atoms with Gasteiger partial charge in [0, 0.05) is 24.9 Å².